The summed E-state index contributed by atoms with van der Waals surface area (Å²) >= 11 is 0. The highest BCUT2D eigenvalue weighted by atomic mass is 32.2. The van der Waals surface area contributed by atoms with E-state index in [1.807, 2.05) is 18.2 Å². The van der Waals surface area contributed by atoms with Crippen LogP contribution in [0.1, 0.15) is 31.7 Å². The molecule has 1 aromatic carbocycles. The molecule has 0 amide bonds. The van der Waals surface area contributed by atoms with Crippen molar-refractivity contribution in [3.63, 3.8) is 0 Å². The van der Waals surface area contributed by atoms with Gasteiger partial charge in [-0.1, -0.05) is 36.8 Å². The van der Waals surface area contributed by atoms with Crippen LogP contribution < -0.4 is 0 Å². The van der Waals surface area contributed by atoms with E-state index in [0.717, 1.165) is 31.9 Å². The third-order valence-electron chi connectivity index (χ3n) is 2.51. The Hall–Kier alpha value is -0.870. The summed E-state index contributed by atoms with van der Waals surface area (Å²) in [7, 11) is -3.31. The van der Waals surface area contributed by atoms with Crippen LogP contribution in [0.5, 0.6) is 0 Å². The Kier molecular flexibility index (Phi) is 5.65. The van der Waals surface area contributed by atoms with Gasteiger partial charge in [0.2, 0.25) is 0 Å². The highest BCUT2D eigenvalue weighted by Crippen LogP contribution is 2.10. The molecule has 0 spiro atoms. The second-order valence-corrected chi connectivity index (χ2v) is 5.94. The second kappa shape index (κ2) is 6.77. The van der Waals surface area contributed by atoms with Crippen molar-refractivity contribution in [3.05, 3.63) is 35.9 Å². The molecule has 0 fully saturated rings. The van der Waals surface area contributed by atoms with E-state index in [0.29, 0.717) is 0 Å². The van der Waals surface area contributed by atoms with E-state index in [4.69, 9.17) is 4.18 Å². The molecule has 0 radical (unpaired) electrons. The van der Waals surface area contributed by atoms with E-state index in [2.05, 4.69) is 12.1 Å². The van der Waals surface area contributed by atoms with Crippen molar-refractivity contribution >= 4 is 10.1 Å². The predicted molar refractivity (Wildman–Crippen MR) is 69.4 cm³/mol. The molecule has 0 saturated carbocycles. The summed E-state index contributed by atoms with van der Waals surface area (Å²) < 4.78 is 26.6. The van der Waals surface area contributed by atoms with Gasteiger partial charge in [-0.05, 0) is 31.7 Å². The van der Waals surface area contributed by atoms with Gasteiger partial charge in [-0.25, -0.2) is 0 Å². The van der Waals surface area contributed by atoms with Crippen LogP contribution in [-0.2, 0) is 20.7 Å². The second-order valence-electron chi connectivity index (χ2n) is 4.34. The summed E-state index contributed by atoms with van der Waals surface area (Å²) in [6.45, 7) is 1.80. The minimum atomic E-state index is -3.31. The lowest BCUT2D eigenvalue weighted by atomic mass is 10.1. The summed E-state index contributed by atoms with van der Waals surface area (Å²) in [5, 5.41) is 0. The van der Waals surface area contributed by atoms with Crippen LogP contribution in [0.3, 0.4) is 0 Å². The maximum atomic E-state index is 10.9. The number of rotatable bonds is 7. The third kappa shape index (κ3) is 7.13. The molecule has 0 aliphatic heterocycles. The van der Waals surface area contributed by atoms with Crippen molar-refractivity contribution in [1.29, 1.82) is 0 Å². The molecule has 0 heterocycles. The van der Waals surface area contributed by atoms with Gasteiger partial charge in [-0.3, -0.25) is 4.18 Å². The largest absolute Gasteiger partial charge is 0.267 e. The highest BCUT2D eigenvalue weighted by Gasteiger charge is 2.09. The molecule has 0 N–H and O–H groups in total. The van der Waals surface area contributed by atoms with Crippen LogP contribution in [-0.4, -0.2) is 20.8 Å². The van der Waals surface area contributed by atoms with Gasteiger partial charge in [0.25, 0.3) is 10.1 Å². The van der Waals surface area contributed by atoms with E-state index in [1.54, 1.807) is 6.92 Å². The molecule has 17 heavy (non-hydrogen) atoms. The maximum absolute atomic E-state index is 10.9. The van der Waals surface area contributed by atoms with Crippen LogP contribution in [0, 0.1) is 0 Å². The lowest BCUT2D eigenvalue weighted by Crippen LogP contribution is -2.13. The van der Waals surface area contributed by atoms with Crippen molar-refractivity contribution in [2.24, 2.45) is 0 Å². The summed E-state index contributed by atoms with van der Waals surface area (Å²) in [5.74, 6) is 0. The van der Waals surface area contributed by atoms with Gasteiger partial charge < -0.3 is 0 Å². The minimum Gasteiger partial charge on any atom is -0.267 e. The first-order valence-corrected chi connectivity index (χ1v) is 7.71. The third-order valence-corrected chi connectivity index (χ3v) is 3.19. The van der Waals surface area contributed by atoms with E-state index in [9.17, 15) is 8.42 Å². The van der Waals surface area contributed by atoms with Crippen LogP contribution in [0.25, 0.3) is 0 Å². The zero-order valence-corrected chi connectivity index (χ0v) is 11.2. The van der Waals surface area contributed by atoms with Gasteiger partial charge in [0.05, 0.1) is 12.4 Å². The Bertz CT molecular complexity index is 412. The Morgan fingerprint density at radius 3 is 2.41 bits per heavy atom. The molecule has 0 saturated heterocycles. The van der Waals surface area contributed by atoms with Crippen molar-refractivity contribution in [2.45, 2.75) is 38.7 Å². The fourth-order valence-corrected chi connectivity index (χ4v) is 2.45. The average Bonchev–Trinajstić information content (AvgIpc) is 2.23. The molecule has 0 aromatic heterocycles. The number of hydrogen-bond donors (Lipinski definition) is 0. The standard InChI is InChI=1S/C13H20O3S/c1-12(16-17(2,14)15)8-6-7-11-13-9-4-3-5-10-13/h3-5,9-10,12H,6-8,11H2,1-2H3. The van der Waals surface area contributed by atoms with Crippen LogP contribution in [0.15, 0.2) is 30.3 Å². The highest BCUT2D eigenvalue weighted by molar-refractivity contribution is 7.86. The molecule has 0 aliphatic carbocycles. The first kappa shape index (κ1) is 14.2. The SMILES string of the molecule is CC(CCCCc1ccccc1)OS(C)(=O)=O. The van der Waals surface area contributed by atoms with Crippen molar-refractivity contribution in [2.75, 3.05) is 6.26 Å². The van der Waals surface area contributed by atoms with Crippen molar-refractivity contribution in [1.82, 2.24) is 0 Å². The Balaban J connectivity index is 2.16. The van der Waals surface area contributed by atoms with Gasteiger partial charge in [0, 0.05) is 0 Å². The summed E-state index contributed by atoms with van der Waals surface area (Å²) in [6.07, 6.45) is 4.72. The molecule has 1 aromatic rings. The topological polar surface area (TPSA) is 43.4 Å². The predicted octanol–water partition coefficient (Wildman–Crippen LogP) is 2.76. The number of aryl methyl sites for hydroxylation is 1. The minimum absolute atomic E-state index is 0.222. The quantitative estimate of drug-likeness (QED) is 0.556. The maximum Gasteiger partial charge on any atom is 0.264 e. The summed E-state index contributed by atoms with van der Waals surface area (Å²) in [4.78, 5) is 0. The van der Waals surface area contributed by atoms with Gasteiger partial charge in [0.15, 0.2) is 0 Å². The molecule has 1 unspecified atom stereocenters. The van der Waals surface area contributed by atoms with Crippen LogP contribution in [0.2, 0.25) is 0 Å². The molecular formula is C13H20O3S. The summed E-state index contributed by atoms with van der Waals surface area (Å²) in [5.41, 5.74) is 1.32. The fourth-order valence-electron chi connectivity index (χ4n) is 1.75. The van der Waals surface area contributed by atoms with Gasteiger partial charge in [0.1, 0.15) is 0 Å². The molecule has 0 aliphatic rings. The smallest absolute Gasteiger partial charge is 0.264 e. The monoisotopic (exact) mass is 256 g/mol. The van der Waals surface area contributed by atoms with Gasteiger partial charge in [-0.15, -0.1) is 0 Å². The lowest BCUT2D eigenvalue weighted by molar-refractivity contribution is 0.216. The Morgan fingerprint density at radius 1 is 1.18 bits per heavy atom. The number of benzene rings is 1. The molecule has 0 bridgehead atoms. The van der Waals surface area contributed by atoms with E-state index >= 15 is 0 Å². The zero-order valence-electron chi connectivity index (χ0n) is 10.4. The van der Waals surface area contributed by atoms with Crippen molar-refractivity contribution in [3.8, 4) is 0 Å². The Labute approximate surface area is 104 Å². The van der Waals surface area contributed by atoms with Gasteiger partial charge >= 0.3 is 0 Å². The lowest BCUT2D eigenvalue weighted by Gasteiger charge is -2.10. The fraction of sp³-hybridized carbons (Fsp3) is 0.538. The van der Waals surface area contributed by atoms with E-state index in [-0.39, 0.29) is 6.10 Å². The number of unbranched alkanes of at least 4 members (excludes halogenated alkanes) is 1. The first-order chi connectivity index (χ1) is 7.97. The normalized spacial score (nSPS) is 13.5. The molecule has 1 rings (SSSR count). The number of hydrogen-bond acceptors (Lipinski definition) is 3. The first-order valence-electron chi connectivity index (χ1n) is 5.89. The Morgan fingerprint density at radius 2 is 1.82 bits per heavy atom. The molecule has 3 nitrogen and oxygen atoms in total. The average molecular weight is 256 g/mol. The van der Waals surface area contributed by atoms with Crippen molar-refractivity contribution < 1.29 is 12.6 Å². The molecule has 96 valence electrons. The molecular weight excluding hydrogens is 236 g/mol. The zero-order chi connectivity index (χ0) is 12.7. The van der Waals surface area contributed by atoms with E-state index < -0.39 is 10.1 Å². The van der Waals surface area contributed by atoms with Crippen LogP contribution in [0.4, 0.5) is 0 Å². The molecule has 4 heteroatoms. The van der Waals surface area contributed by atoms with Crippen LogP contribution >= 0.6 is 0 Å². The summed E-state index contributed by atoms with van der Waals surface area (Å²) in [6, 6.07) is 10.3. The molecule has 1 atom stereocenters. The van der Waals surface area contributed by atoms with Gasteiger partial charge in [-0.2, -0.15) is 8.42 Å². The van der Waals surface area contributed by atoms with E-state index in [1.165, 1.54) is 5.56 Å².